The number of rotatable bonds is 10. The quantitative estimate of drug-likeness (QED) is 0.309. The summed E-state index contributed by atoms with van der Waals surface area (Å²) in [5.41, 5.74) is 2.08. The summed E-state index contributed by atoms with van der Waals surface area (Å²) < 4.78 is 32.1. The van der Waals surface area contributed by atoms with Gasteiger partial charge in [0.05, 0.1) is 24.6 Å². The molecule has 0 unspecified atom stereocenters. The molecule has 0 saturated carbocycles. The smallest absolute Gasteiger partial charge is 0.240 e. The number of aliphatic imine (C=N–C) groups is 1. The Morgan fingerprint density at radius 1 is 1.25 bits per heavy atom. The van der Waals surface area contributed by atoms with Crippen LogP contribution in [0.15, 0.2) is 45.6 Å². The molecule has 154 valence electrons. The summed E-state index contributed by atoms with van der Waals surface area (Å²) in [7, 11) is -2.03. The van der Waals surface area contributed by atoms with Crippen molar-refractivity contribution in [2.45, 2.75) is 31.8 Å². The van der Waals surface area contributed by atoms with Crippen LogP contribution in [0.1, 0.15) is 22.9 Å². The Hall–Kier alpha value is -1.94. The zero-order chi connectivity index (χ0) is 20.4. The second kappa shape index (κ2) is 11.2. The average Bonchev–Trinajstić information content (AvgIpc) is 3.09. The maximum absolute atomic E-state index is 12.3. The first kappa shape index (κ1) is 22.4. The van der Waals surface area contributed by atoms with Gasteiger partial charge in [0.2, 0.25) is 10.0 Å². The number of guanidine groups is 1. The van der Waals surface area contributed by atoms with Gasteiger partial charge in [-0.2, -0.15) is 0 Å². The van der Waals surface area contributed by atoms with Crippen molar-refractivity contribution in [3.63, 3.8) is 0 Å². The van der Waals surface area contributed by atoms with Crippen molar-refractivity contribution in [3.8, 4) is 0 Å². The Balaban J connectivity index is 2.04. The summed E-state index contributed by atoms with van der Waals surface area (Å²) in [5, 5.41) is 8.60. The Morgan fingerprint density at radius 3 is 2.75 bits per heavy atom. The third-order valence-electron chi connectivity index (χ3n) is 3.96. The fourth-order valence-electron chi connectivity index (χ4n) is 2.43. The summed E-state index contributed by atoms with van der Waals surface area (Å²) in [5.74, 6) is 0.696. The Kier molecular flexibility index (Phi) is 8.91. The number of methoxy groups -OCH3 is 1. The Morgan fingerprint density at radius 2 is 2.07 bits per heavy atom. The zero-order valence-electron chi connectivity index (χ0n) is 16.5. The molecule has 1 aromatic heterocycles. The maximum Gasteiger partial charge on any atom is 0.240 e. The molecule has 0 radical (unpaired) electrons. The van der Waals surface area contributed by atoms with Crippen LogP contribution < -0.4 is 15.4 Å². The van der Waals surface area contributed by atoms with E-state index in [1.807, 2.05) is 13.0 Å². The Bertz CT molecular complexity index is 879. The minimum Gasteiger partial charge on any atom is -0.383 e. The summed E-state index contributed by atoms with van der Waals surface area (Å²) in [6.45, 7) is 6.47. The van der Waals surface area contributed by atoms with Gasteiger partial charge < -0.3 is 15.4 Å². The van der Waals surface area contributed by atoms with Gasteiger partial charge in [-0.25, -0.2) is 18.1 Å². The molecule has 0 bridgehead atoms. The highest BCUT2D eigenvalue weighted by Crippen LogP contribution is 2.15. The fraction of sp³-hybridized carbons (Fsp3) is 0.421. The lowest BCUT2D eigenvalue weighted by Crippen LogP contribution is -2.36. The second-order valence-electron chi connectivity index (χ2n) is 6.11. The van der Waals surface area contributed by atoms with E-state index >= 15 is 0 Å². The predicted octanol–water partition coefficient (Wildman–Crippen LogP) is 2.24. The summed E-state index contributed by atoms with van der Waals surface area (Å²) >= 11 is 1.71. The Labute approximate surface area is 171 Å². The van der Waals surface area contributed by atoms with E-state index in [1.165, 1.54) is 17.6 Å². The third kappa shape index (κ3) is 6.90. The number of sulfonamides is 1. The van der Waals surface area contributed by atoms with Crippen molar-refractivity contribution in [2.75, 3.05) is 26.8 Å². The highest BCUT2D eigenvalue weighted by Gasteiger charge is 2.13. The molecule has 3 N–H and O–H groups in total. The van der Waals surface area contributed by atoms with E-state index in [0.29, 0.717) is 25.7 Å². The number of nitrogens with zero attached hydrogens (tertiary/aromatic N) is 1. The van der Waals surface area contributed by atoms with Crippen molar-refractivity contribution in [1.29, 1.82) is 0 Å². The maximum atomic E-state index is 12.3. The first-order chi connectivity index (χ1) is 13.5. The van der Waals surface area contributed by atoms with Gasteiger partial charge in [-0.1, -0.05) is 12.1 Å². The van der Waals surface area contributed by atoms with Gasteiger partial charge in [-0.05, 0) is 48.6 Å². The van der Waals surface area contributed by atoms with Gasteiger partial charge in [0.25, 0.3) is 0 Å². The van der Waals surface area contributed by atoms with Gasteiger partial charge in [0.15, 0.2) is 5.96 Å². The van der Waals surface area contributed by atoms with Gasteiger partial charge in [0, 0.05) is 25.1 Å². The van der Waals surface area contributed by atoms with Crippen molar-refractivity contribution in [3.05, 3.63) is 51.7 Å². The van der Waals surface area contributed by atoms with Crippen LogP contribution in [0.3, 0.4) is 0 Å². The molecule has 0 atom stereocenters. The van der Waals surface area contributed by atoms with E-state index in [9.17, 15) is 8.42 Å². The minimum absolute atomic E-state index is 0.225. The summed E-state index contributed by atoms with van der Waals surface area (Å²) in [6, 6.07) is 8.91. The number of hydrogen-bond acceptors (Lipinski definition) is 5. The van der Waals surface area contributed by atoms with Crippen LogP contribution in [-0.4, -0.2) is 41.2 Å². The monoisotopic (exact) mass is 424 g/mol. The first-order valence-electron chi connectivity index (χ1n) is 9.09. The van der Waals surface area contributed by atoms with Crippen LogP contribution in [-0.2, 0) is 27.8 Å². The van der Waals surface area contributed by atoms with E-state index in [1.54, 1.807) is 29.5 Å². The normalized spacial score (nSPS) is 12.2. The number of ether oxygens (including phenoxy) is 1. The average molecular weight is 425 g/mol. The molecular weight excluding hydrogens is 396 g/mol. The molecule has 1 aromatic carbocycles. The van der Waals surface area contributed by atoms with Gasteiger partial charge in [-0.15, -0.1) is 11.3 Å². The molecule has 0 fully saturated rings. The first-order valence-corrected chi connectivity index (χ1v) is 11.4. The molecule has 0 aliphatic rings. The van der Waals surface area contributed by atoms with E-state index in [2.05, 4.69) is 38.7 Å². The summed E-state index contributed by atoms with van der Waals surface area (Å²) in [6.07, 6.45) is 0. The summed E-state index contributed by atoms with van der Waals surface area (Å²) in [4.78, 5) is 6.07. The highest BCUT2D eigenvalue weighted by molar-refractivity contribution is 7.89. The number of thiophene rings is 1. The zero-order valence-corrected chi connectivity index (χ0v) is 18.1. The predicted molar refractivity (Wildman–Crippen MR) is 114 cm³/mol. The van der Waals surface area contributed by atoms with Crippen LogP contribution in [0.25, 0.3) is 0 Å². The second-order valence-corrected chi connectivity index (χ2v) is 8.88. The SMILES string of the molecule is CCNC(=NCc1cccc(S(=O)(=O)NCCOC)c1)NCc1sccc1C. The van der Waals surface area contributed by atoms with Crippen LogP contribution in [0.4, 0.5) is 0 Å². The van der Waals surface area contributed by atoms with Crippen molar-refractivity contribution in [2.24, 2.45) is 4.99 Å². The molecule has 0 aliphatic heterocycles. The lowest BCUT2D eigenvalue weighted by atomic mass is 10.2. The molecule has 28 heavy (non-hydrogen) atoms. The van der Waals surface area contributed by atoms with E-state index in [-0.39, 0.29) is 11.4 Å². The van der Waals surface area contributed by atoms with Crippen molar-refractivity contribution in [1.82, 2.24) is 15.4 Å². The molecule has 0 saturated heterocycles. The van der Waals surface area contributed by atoms with Gasteiger partial charge in [0.1, 0.15) is 0 Å². The van der Waals surface area contributed by atoms with Crippen LogP contribution in [0, 0.1) is 6.92 Å². The number of benzene rings is 1. The lowest BCUT2D eigenvalue weighted by Gasteiger charge is -2.11. The molecule has 0 aliphatic carbocycles. The largest absolute Gasteiger partial charge is 0.383 e. The van der Waals surface area contributed by atoms with Crippen LogP contribution >= 0.6 is 11.3 Å². The fourth-order valence-corrected chi connectivity index (χ4v) is 4.36. The molecule has 0 spiro atoms. The molecule has 1 heterocycles. The van der Waals surface area contributed by atoms with Gasteiger partial charge >= 0.3 is 0 Å². The molecule has 2 rings (SSSR count). The van der Waals surface area contributed by atoms with Crippen molar-refractivity contribution < 1.29 is 13.2 Å². The molecule has 7 nitrogen and oxygen atoms in total. The molecule has 9 heteroatoms. The van der Waals surface area contributed by atoms with E-state index in [4.69, 9.17) is 4.74 Å². The number of hydrogen-bond donors (Lipinski definition) is 3. The van der Waals surface area contributed by atoms with Crippen LogP contribution in [0.2, 0.25) is 0 Å². The molecule has 2 aromatic rings. The molecular formula is C19H28N4O3S2. The lowest BCUT2D eigenvalue weighted by molar-refractivity contribution is 0.204. The highest BCUT2D eigenvalue weighted by atomic mass is 32.2. The minimum atomic E-state index is -3.56. The third-order valence-corrected chi connectivity index (χ3v) is 6.44. The van der Waals surface area contributed by atoms with E-state index in [0.717, 1.165) is 12.1 Å². The standard InChI is InChI=1S/C19H28N4O3S2/c1-4-20-19(22-14-18-15(2)8-11-27-18)21-13-16-6-5-7-17(12-16)28(24,25)23-9-10-26-3/h5-8,11-12,23H,4,9-10,13-14H2,1-3H3,(H2,20,21,22). The van der Waals surface area contributed by atoms with Gasteiger partial charge in [-0.3, -0.25) is 0 Å². The van der Waals surface area contributed by atoms with Crippen LogP contribution in [0.5, 0.6) is 0 Å². The van der Waals surface area contributed by atoms with E-state index < -0.39 is 10.0 Å². The number of nitrogens with one attached hydrogen (secondary N) is 3. The molecule has 0 amide bonds. The topological polar surface area (TPSA) is 91.8 Å². The van der Waals surface area contributed by atoms with Crippen molar-refractivity contribution >= 4 is 27.3 Å². The number of aryl methyl sites for hydroxylation is 1.